The van der Waals surface area contributed by atoms with E-state index < -0.39 is 6.10 Å². The SMILES string of the molecule is COc1ccnc(Nc2cnn(C[C@@H](O)CN3CCOCC3)c2)n1. The van der Waals surface area contributed by atoms with E-state index in [0.29, 0.717) is 24.9 Å². The Morgan fingerprint density at radius 1 is 1.38 bits per heavy atom. The Morgan fingerprint density at radius 3 is 3.00 bits per heavy atom. The number of nitrogens with zero attached hydrogens (tertiary/aromatic N) is 5. The van der Waals surface area contributed by atoms with Crippen molar-refractivity contribution in [3.8, 4) is 5.88 Å². The third-order valence-electron chi connectivity index (χ3n) is 3.70. The van der Waals surface area contributed by atoms with Gasteiger partial charge in [-0.2, -0.15) is 10.1 Å². The molecule has 0 unspecified atom stereocenters. The fourth-order valence-electron chi connectivity index (χ4n) is 2.53. The second kappa shape index (κ2) is 8.04. The lowest BCUT2D eigenvalue weighted by atomic mass is 10.3. The second-order valence-electron chi connectivity index (χ2n) is 5.57. The van der Waals surface area contributed by atoms with Gasteiger partial charge in [0.05, 0.1) is 44.9 Å². The highest BCUT2D eigenvalue weighted by atomic mass is 16.5. The molecule has 2 aromatic rings. The lowest BCUT2D eigenvalue weighted by molar-refractivity contribution is 0.0108. The number of hydrogen-bond acceptors (Lipinski definition) is 8. The largest absolute Gasteiger partial charge is 0.481 e. The predicted octanol–water partition coefficient (Wildman–Crippen LogP) is 0.118. The summed E-state index contributed by atoms with van der Waals surface area (Å²) in [6.07, 6.45) is 4.62. The summed E-state index contributed by atoms with van der Waals surface area (Å²) < 4.78 is 12.1. The molecule has 9 heteroatoms. The van der Waals surface area contributed by atoms with Gasteiger partial charge in [0.25, 0.3) is 0 Å². The molecule has 3 heterocycles. The first-order valence-electron chi connectivity index (χ1n) is 7.87. The minimum Gasteiger partial charge on any atom is -0.481 e. The molecule has 0 aromatic carbocycles. The maximum Gasteiger partial charge on any atom is 0.230 e. The van der Waals surface area contributed by atoms with Crippen LogP contribution in [-0.4, -0.2) is 75.8 Å². The highest BCUT2D eigenvalue weighted by Gasteiger charge is 2.15. The van der Waals surface area contributed by atoms with Gasteiger partial charge in [0.1, 0.15) is 0 Å². The van der Waals surface area contributed by atoms with Crippen molar-refractivity contribution >= 4 is 11.6 Å². The van der Waals surface area contributed by atoms with Gasteiger partial charge in [0, 0.05) is 38.1 Å². The maximum atomic E-state index is 10.2. The van der Waals surface area contributed by atoms with Crippen molar-refractivity contribution in [2.75, 3.05) is 45.3 Å². The van der Waals surface area contributed by atoms with Crippen LogP contribution in [0.4, 0.5) is 11.6 Å². The average Bonchev–Trinajstić information content (AvgIpc) is 3.02. The summed E-state index contributed by atoms with van der Waals surface area (Å²) in [5.41, 5.74) is 0.752. The van der Waals surface area contributed by atoms with Crippen LogP contribution in [0.2, 0.25) is 0 Å². The van der Waals surface area contributed by atoms with Crippen molar-refractivity contribution in [1.82, 2.24) is 24.6 Å². The first-order valence-corrected chi connectivity index (χ1v) is 7.87. The van der Waals surface area contributed by atoms with Crippen LogP contribution in [-0.2, 0) is 11.3 Å². The van der Waals surface area contributed by atoms with Gasteiger partial charge in [-0.15, -0.1) is 0 Å². The molecule has 1 saturated heterocycles. The van der Waals surface area contributed by atoms with E-state index in [1.807, 2.05) is 6.20 Å². The molecule has 0 bridgehead atoms. The van der Waals surface area contributed by atoms with E-state index in [-0.39, 0.29) is 0 Å². The van der Waals surface area contributed by atoms with Crippen LogP contribution >= 0.6 is 0 Å². The normalized spacial score (nSPS) is 16.8. The number of morpholine rings is 1. The molecule has 9 nitrogen and oxygen atoms in total. The van der Waals surface area contributed by atoms with Gasteiger partial charge < -0.3 is 19.9 Å². The van der Waals surface area contributed by atoms with E-state index >= 15 is 0 Å². The third-order valence-corrected chi connectivity index (χ3v) is 3.70. The maximum absolute atomic E-state index is 10.2. The Morgan fingerprint density at radius 2 is 2.21 bits per heavy atom. The number of hydrogen-bond donors (Lipinski definition) is 2. The van der Waals surface area contributed by atoms with Gasteiger partial charge >= 0.3 is 0 Å². The summed E-state index contributed by atoms with van der Waals surface area (Å²) in [4.78, 5) is 10.5. The van der Waals surface area contributed by atoms with E-state index in [2.05, 4.69) is 25.3 Å². The monoisotopic (exact) mass is 334 g/mol. The van der Waals surface area contributed by atoms with Gasteiger partial charge in [-0.25, -0.2) is 4.98 Å². The van der Waals surface area contributed by atoms with Gasteiger partial charge in [-0.1, -0.05) is 0 Å². The molecule has 0 spiro atoms. The zero-order valence-electron chi connectivity index (χ0n) is 13.6. The van der Waals surface area contributed by atoms with Crippen molar-refractivity contribution in [1.29, 1.82) is 0 Å². The molecule has 0 aliphatic carbocycles. The van der Waals surface area contributed by atoms with E-state index in [9.17, 15) is 5.11 Å². The number of β-amino-alcohol motifs (C(OH)–C–C–N with tert-alkyl or cyclic N) is 1. The van der Waals surface area contributed by atoms with Crippen LogP contribution in [0, 0.1) is 0 Å². The Hall–Kier alpha value is -2.23. The second-order valence-corrected chi connectivity index (χ2v) is 5.57. The highest BCUT2D eigenvalue weighted by Crippen LogP contribution is 2.14. The Labute approximate surface area is 140 Å². The zero-order chi connectivity index (χ0) is 16.8. The number of ether oxygens (including phenoxy) is 2. The summed E-state index contributed by atoms with van der Waals surface area (Å²) in [7, 11) is 1.56. The lowest BCUT2D eigenvalue weighted by Gasteiger charge is -2.28. The molecule has 130 valence electrons. The van der Waals surface area contributed by atoms with Crippen molar-refractivity contribution < 1.29 is 14.6 Å². The fraction of sp³-hybridized carbons (Fsp3) is 0.533. The first-order chi connectivity index (χ1) is 11.7. The molecular weight excluding hydrogens is 312 g/mol. The van der Waals surface area contributed by atoms with Crippen molar-refractivity contribution in [2.45, 2.75) is 12.6 Å². The van der Waals surface area contributed by atoms with Crippen LogP contribution in [0.5, 0.6) is 5.88 Å². The number of methoxy groups -OCH3 is 1. The van der Waals surface area contributed by atoms with Gasteiger partial charge in [0.2, 0.25) is 11.8 Å². The minimum atomic E-state index is -0.482. The van der Waals surface area contributed by atoms with Gasteiger partial charge in [-0.3, -0.25) is 9.58 Å². The van der Waals surface area contributed by atoms with E-state index in [4.69, 9.17) is 9.47 Å². The molecule has 0 saturated carbocycles. The molecule has 3 rings (SSSR count). The zero-order valence-corrected chi connectivity index (χ0v) is 13.6. The van der Waals surface area contributed by atoms with Crippen LogP contribution in [0.3, 0.4) is 0 Å². The quantitative estimate of drug-likeness (QED) is 0.737. The van der Waals surface area contributed by atoms with Crippen molar-refractivity contribution in [3.63, 3.8) is 0 Å². The number of aliphatic hydroxyl groups excluding tert-OH is 1. The fourth-order valence-corrected chi connectivity index (χ4v) is 2.53. The summed E-state index contributed by atoms with van der Waals surface area (Å²) in [6, 6.07) is 1.68. The van der Waals surface area contributed by atoms with Crippen molar-refractivity contribution in [2.24, 2.45) is 0 Å². The average molecular weight is 334 g/mol. The Bertz CT molecular complexity index is 644. The molecule has 1 fully saturated rings. The molecule has 1 atom stereocenters. The van der Waals surface area contributed by atoms with Crippen LogP contribution < -0.4 is 10.1 Å². The molecule has 1 aliphatic rings. The Balaban J connectivity index is 1.52. The molecule has 2 N–H and O–H groups in total. The van der Waals surface area contributed by atoms with E-state index in [0.717, 1.165) is 32.0 Å². The van der Waals surface area contributed by atoms with Gasteiger partial charge in [-0.05, 0) is 0 Å². The summed E-state index contributed by atoms with van der Waals surface area (Å²) in [6.45, 7) is 4.21. The summed E-state index contributed by atoms with van der Waals surface area (Å²) in [5, 5.41) is 17.5. The van der Waals surface area contributed by atoms with E-state index in [1.54, 1.807) is 30.3 Å². The highest BCUT2D eigenvalue weighted by molar-refractivity contribution is 5.50. The standard InChI is InChI=1S/C15H22N6O3/c1-23-14-2-3-16-15(19-14)18-12-8-17-21(9-12)11-13(22)10-20-4-6-24-7-5-20/h2-3,8-9,13,22H,4-7,10-11H2,1H3,(H,16,18,19)/t13-/m0/s1. The number of aliphatic hydroxyl groups is 1. The molecule has 24 heavy (non-hydrogen) atoms. The van der Waals surface area contributed by atoms with Crippen LogP contribution in [0.1, 0.15) is 0 Å². The van der Waals surface area contributed by atoms with E-state index in [1.165, 1.54) is 0 Å². The molecular formula is C15H22N6O3. The molecule has 1 aliphatic heterocycles. The smallest absolute Gasteiger partial charge is 0.230 e. The number of anilines is 2. The van der Waals surface area contributed by atoms with Gasteiger partial charge in [0.15, 0.2) is 0 Å². The van der Waals surface area contributed by atoms with Crippen LogP contribution in [0.25, 0.3) is 0 Å². The first kappa shape index (κ1) is 16.6. The summed E-state index contributed by atoms with van der Waals surface area (Å²) >= 11 is 0. The summed E-state index contributed by atoms with van der Waals surface area (Å²) in [5.74, 6) is 0.920. The minimum absolute atomic E-state index is 0.429. The lowest BCUT2D eigenvalue weighted by Crippen LogP contribution is -2.42. The molecule has 0 amide bonds. The number of nitrogens with one attached hydrogen (secondary N) is 1. The number of rotatable bonds is 7. The predicted molar refractivity (Wildman–Crippen MR) is 87.4 cm³/mol. The van der Waals surface area contributed by atoms with Crippen molar-refractivity contribution in [3.05, 3.63) is 24.7 Å². The Kier molecular flexibility index (Phi) is 5.57. The molecule has 2 aromatic heterocycles. The third kappa shape index (κ3) is 4.63. The topological polar surface area (TPSA) is 97.6 Å². The van der Waals surface area contributed by atoms with Crippen LogP contribution in [0.15, 0.2) is 24.7 Å². The molecule has 0 radical (unpaired) electrons. The number of aromatic nitrogens is 4.